The largest absolute Gasteiger partial charge is 0.456 e. The Kier molecular flexibility index (Phi) is 2.14. The number of ether oxygens (including phenoxy) is 1. The fourth-order valence-corrected chi connectivity index (χ4v) is 0.736. The van der Waals surface area contributed by atoms with E-state index in [-0.39, 0.29) is 0 Å². The fraction of sp³-hybridized carbons (Fsp3) is 0.875. The first-order chi connectivity index (χ1) is 5.40. The molecule has 70 valence electrons. The van der Waals surface area contributed by atoms with Crippen LogP contribution in [0.2, 0.25) is 0 Å². The van der Waals surface area contributed by atoms with Gasteiger partial charge in [-0.25, -0.2) is 4.79 Å². The molecule has 1 fully saturated rings. The van der Waals surface area contributed by atoms with Crippen molar-refractivity contribution in [3.63, 3.8) is 0 Å². The molecule has 0 saturated carbocycles. The summed E-state index contributed by atoms with van der Waals surface area (Å²) in [4.78, 5) is 20.5. The molecule has 0 aromatic rings. The highest BCUT2D eigenvalue weighted by molar-refractivity contribution is 5.79. The molecular weight excluding hydrogens is 160 g/mol. The molecule has 0 aromatic heterocycles. The van der Waals surface area contributed by atoms with Gasteiger partial charge in [0.15, 0.2) is 0 Å². The van der Waals surface area contributed by atoms with Gasteiger partial charge in [0.1, 0.15) is 5.60 Å². The lowest BCUT2D eigenvalue weighted by Crippen LogP contribution is -2.33. The first-order valence-corrected chi connectivity index (χ1v) is 4.00. The Bertz CT molecular complexity index is 188. The average molecular weight is 174 g/mol. The summed E-state index contributed by atoms with van der Waals surface area (Å²) in [6.45, 7) is 7.21. The zero-order chi connectivity index (χ0) is 9.41. The smallest absolute Gasteiger partial charge is 0.373 e. The maximum atomic E-state index is 11.3. The van der Waals surface area contributed by atoms with Crippen LogP contribution in [0.1, 0.15) is 34.1 Å². The van der Waals surface area contributed by atoms with Gasteiger partial charge in [-0.2, -0.15) is 9.78 Å². The van der Waals surface area contributed by atoms with Gasteiger partial charge in [-0.3, -0.25) is 0 Å². The zero-order valence-corrected chi connectivity index (χ0v) is 7.84. The second kappa shape index (κ2) is 2.71. The van der Waals surface area contributed by atoms with Gasteiger partial charge in [0.25, 0.3) is 0 Å². The number of carbonyl (C=O) groups is 1. The molecule has 0 radical (unpaired) electrons. The van der Waals surface area contributed by atoms with Crippen LogP contribution in [-0.4, -0.2) is 17.4 Å². The highest BCUT2D eigenvalue weighted by Gasteiger charge is 2.57. The molecule has 0 amide bonds. The van der Waals surface area contributed by atoms with Crippen molar-refractivity contribution in [2.45, 2.75) is 45.5 Å². The molecule has 1 rings (SSSR count). The summed E-state index contributed by atoms with van der Waals surface area (Å²) in [7, 11) is 0. The minimum atomic E-state index is -1.10. The van der Waals surface area contributed by atoms with E-state index in [1.807, 2.05) is 0 Å². The molecule has 1 saturated heterocycles. The molecule has 12 heavy (non-hydrogen) atoms. The Morgan fingerprint density at radius 3 is 2.17 bits per heavy atom. The van der Waals surface area contributed by atoms with Gasteiger partial charge >= 0.3 is 11.8 Å². The van der Waals surface area contributed by atoms with Gasteiger partial charge in [0, 0.05) is 6.42 Å². The van der Waals surface area contributed by atoms with E-state index < -0.39 is 17.4 Å². The molecule has 1 aliphatic heterocycles. The van der Waals surface area contributed by atoms with Crippen LogP contribution in [0.4, 0.5) is 0 Å². The zero-order valence-electron chi connectivity index (χ0n) is 7.84. The summed E-state index contributed by atoms with van der Waals surface area (Å²) in [6, 6.07) is 0. The third-order valence-electron chi connectivity index (χ3n) is 1.46. The molecule has 1 heterocycles. The molecular formula is C8H14O4. The lowest BCUT2D eigenvalue weighted by atomic mass is 10.2. The third-order valence-corrected chi connectivity index (χ3v) is 1.46. The van der Waals surface area contributed by atoms with E-state index >= 15 is 0 Å². The number of hydrogen-bond donors (Lipinski definition) is 0. The third kappa shape index (κ3) is 1.95. The maximum absolute atomic E-state index is 11.3. The standard InChI is InChI=1S/C8H14O4/c1-5-8(11-12-8)6(9)10-7(2,3)4/h5H2,1-4H3. The predicted molar refractivity (Wildman–Crippen MR) is 41.0 cm³/mol. The topological polar surface area (TPSA) is 51.4 Å². The first-order valence-electron chi connectivity index (χ1n) is 4.00. The van der Waals surface area contributed by atoms with E-state index in [1.165, 1.54) is 0 Å². The Morgan fingerprint density at radius 1 is 1.42 bits per heavy atom. The van der Waals surface area contributed by atoms with Crippen LogP contribution in [0.5, 0.6) is 0 Å². The SMILES string of the molecule is CCC1(C(=O)OC(C)(C)C)OO1. The van der Waals surface area contributed by atoms with Crippen molar-refractivity contribution < 1.29 is 19.3 Å². The highest BCUT2D eigenvalue weighted by atomic mass is 17.4. The molecule has 0 aliphatic carbocycles. The quantitative estimate of drug-likeness (QED) is 0.360. The second-order valence-corrected chi connectivity index (χ2v) is 3.78. The maximum Gasteiger partial charge on any atom is 0.373 e. The van der Waals surface area contributed by atoms with Crippen LogP contribution in [0.3, 0.4) is 0 Å². The minimum absolute atomic E-state index is 0.447. The fourth-order valence-electron chi connectivity index (χ4n) is 0.736. The van der Waals surface area contributed by atoms with Crippen molar-refractivity contribution in [3.8, 4) is 0 Å². The number of esters is 1. The Hall–Kier alpha value is -0.610. The summed E-state index contributed by atoms with van der Waals surface area (Å²) in [5.41, 5.74) is -0.492. The average Bonchev–Trinajstić information content (AvgIpc) is 2.62. The van der Waals surface area contributed by atoms with Crippen molar-refractivity contribution >= 4 is 5.97 Å². The van der Waals surface area contributed by atoms with Gasteiger partial charge in [0.2, 0.25) is 0 Å². The van der Waals surface area contributed by atoms with Crippen molar-refractivity contribution in [1.82, 2.24) is 0 Å². The van der Waals surface area contributed by atoms with E-state index in [2.05, 4.69) is 9.78 Å². The van der Waals surface area contributed by atoms with Gasteiger partial charge in [-0.1, -0.05) is 6.92 Å². The number of carbonyl (C=O) groups excluding carboxylic acids is 1. The molecule has 0 spiro atoms. The Morgan fingerprint density at radius 2 is 1.92 bits per heavy atom. The molecule has 0 atom stereocenters. The molecule has 1 aliphatic rings. The summed E-state index contributed by atoms with van der Waals surface area (Å²) in [5.74, 6) is -1.55. The highest BCUT2D eigenvalue weighted by Crippen LogP contribution is 2.35. The van der Waals surface area contributed by atoms with Gasteiger partial charge < -0.3 is 4.74 Å². The van der Waals surface area contributed by atoms with Crippen LogP contribution in [0, 0.1) is 0 Å². The van der Waals surface area contributed by atoms with Crippen LogP contribution in [0.25, 0.3) is 0 Å². The summed E-state index contributed by atoms with van der Waals surface area (Å²) < 4.78 is 5.07. The van der Waals surface area contributed by atoms with E-state index in [4.69, 9.17) is 4.74 Å². The molecule has 0 bridgehead atoms. The van der Waals surface area contributed by atoms with E-state index in [0.717, 1.165) is 0 Å². The van der Waals surface area contributed by atoms with Crippen LogP contribution >= 0.6 is 0 Å². The minimum Gasteiger partial charge on any atom is -0.456 e. The lowest BCUT2D eigenvalue weighted by molar-refractivity contribution is -0.162. The molecule has 4 heteroatoms. The Labute approximate surface area is 71.7 Å². The van der Waals surface area contributed by atoms with Crippen molar-refractivity contribution in [1.29, 1.82) is 0 Å². The monoisotopic (exact) mass is 174 g/mol. The molecule has 0 N–H and O–H groups in total. The second-order valence-electron chi connectivity index (χ2n) is 3.78. The Balaban J connectivity index is 2.49. The van der Waals surface area contributed by atoms with E-state index in [9.17, 15) is 4.79 Å². The van der Waals surface area contributed by atoms with Crippen molar-refractivity contribution in [2.24, 2.45) is 0 Å². The molecule has 4 nitrogen and oxygen atoms in total. The van der Waals surface area contributed by atoms with Gasteiger partial charge in [-0.05, 0) is 20.8 Å². The van der Waals surface area contributed by atoms with Crippen LogP contribution in [0.15, 0.2) is 0 Å². The van der Waals surface area contributed by atoms with Crippen molar-refractivity contribution in [3.05, 3.63) is 0 Å². The summed E-state index contributed by atoms with van der Waals surface area (Å²) >= 11 is 0. The normalized spacial score (nSPS) is 20.3. The van der Waals surface area contributed by atoms with E-state index in [0.29, 0.717) is 6.42 Å². The predicted octanol–water partition coefficient (Wildman–Crippen LogP) is 1.40. The molecule has 0 unspecified atom stereocenters. The summed E-state index contributed by atoms with van der Waals surface area (Å²) in [6.07, 6.45) is 0.474. The first kappa shape index (κ1) is 9.48. The van der Waals surface area contributed by atoms with Gasteiger partial charge in [-0.15, -0.1) is 0 Å². The van der Waals surface area contributed by atoms with E-state index in [1.54, 1.807) is 27.7 Å². The van der Waals surface area contributed by atoms with Crippen LogP contribution < -0.4 is 0 Å². The van der Waals surface area contributed by atoms with Crippen molar-refractivity contribution in [2.75, 3.05) is 0 Å². The van der Waals surface area contributed by atoms with Crippen LogP contribution in [-0.2, 0) is 19.3 Å². The van der Waals surface area contributed by atoms with Gasteiger partial charge in [0.05, 0.1) is 0 Å². The lowest BCUT2D eigenvalue weighted by Gasteiger charge is -2.19. The number of rotatable bonds is 2. The molecule has 0 aromatic carbocycles. The number of hydrogen-bond acceptors (Lipinski definition) is 4. The summed E-state index contributed by atoms with van der Waals surface area (Å²) in [5, 5.41) is 0.